The highest BCUT2D eigenvalue weighted by atomic mass is 35.5. The number of nitrogens with one attached hydrogen (secondary N) is 1. The predicted molar refractivity (Wildman–Crippen MR) is 92.2 cm³/mol. The van der Waals surface area contributed by atoms with E-state index in [9.17, 15) is 0 Å². The van der Waals surface area contributed by atoms with Gasteiger partial charge >= 0.3 is 0 Å². The second kappa shape index (κ2) is 7.63. The van der Waals surface area contributed by atoms with Gasteiger partial charge in [0.2, 0.25) is 0 Å². The molecule has 1 unspecified atom stereocenters. The van der Waals surface area contributed by atoms with E-state index in [1.807, 2.05) is 18.2 Å². The summed E-state index contributed by atoms with van der Waals surface area (Å²) in [5.74, 6) is 0. The summed E-state index contributed by atoms with van der Waals surface area (Å²) in [6.45, 7) is 7.50. The maximum absolute atomic E-state index is 6.15. The lowest BCUT2D eigenvalue weighted by atomic mass is 9.93. The molecule has 0 aliphatic carbocycles. The van der Waals surface area contributed by atoms with Crippen molar-refractivity contribution in [3.8, 4) is 0 Å². The molecule has 1 N–H and O–H groups in total. The maximum atomic E-state index is 6.15. The van der Waals surface area contributed by atoms with E-state index in [2.05, 4.69) is 50.4 Å². The smallest absolute Gasteiger partial charge is 0.0577 e. The van der Waals surface area contributed by atoms with E-state index in [4.69, 9.17) is 11.6 Å². The summed E-state index contributed by atoms with van der Waals surface area (Å²) in [7, 11) is 0. The van der Waals surface area contributed by atoms with Crippen molar-refractivity contribution < 1.29 is 0 Å². The highest BCUT2D eigenvalue weighted by Crippen LogP contribution is 2.26. The van der Waals surface area contributed by atoms with E-state index >= 15 is 0 Å². The monoisotopic (exact) mass is 301 g/mol. The lowest BCUT2D eigenvalue weighted by Gasteiger charge is -2.21. The maximum Gasteiger partial charge on any atom is 0.0577 e. The minimum absolute atomic E-state index is 0.199. The van der Waals surface area contributed by atoms with Crippen LogP contribution in [0.3, 0.4) is 0 Å². The number of aryl methyl sites for hydroxylation is 2. The quantitative estimate of drug-likeness (QED) is 0.776. The minimum atomic E-state index is 0.199. The average Bonchev–Trinajstić information content (AvgIpc) is 2.52. The van der Waals surface area contributed by atoms with E-state index in [1.54, 1.807) is 0 Å². The summed E-state index contributed by atoms with van der Waals surface area (Å²) in [6.07, 6.45) is 2.16. The second-order valence-corrected chi connectivity index (χ2v) is 5.72. The standard InChI is InChI=1S/C19H24ClN/c1-4-14-10-11-17(12-15(14)5-2)19(21-6-3)16-8-7-9-18(20)13-16/h7-13,19,21H,4-6H2,1-3H3. The Labute approximate surface area is 133 Å². The molecule has 0 heterocycles. The molecule has 1 atom stereocenters. The van der Waals surface area contributed by atoms with Crippen molar-refractivity contribution in [1.29, 1.82) is 0 Å². The Morgan fingerprint density at radius 1 is 0.905 bits per heavy atom. The molecule has 0 spiro atoms. The zero-order chi connectivity index (χ0) is 15.2. The van der Waals surface area contributed by atoms with Gasteiger partial charge in [0, 0.05) is 5.02 Å². The first-order valence-corrected chi connectivity index (χ1v) is 8.17. The molecule has 112 valence electrons. The van der Waals surface area contributed by atoms with E-state index in [0.717, 1.165) is 24.4 Å². The summed E-state index contributed by atoms with van der Waals surface area (Å²) in [5.41, 5.74) is 5.42. The summed E-state index contributed by atoms with van der Waals surface area (Å²) in [4.78, 5) is 0. The highest BCUT2D eigenvalue weighted by molar-refractivity contribution is 6.30. The molecule has 2 heteroatoms. The van der Waals surface area contributed by atoms with Gasteiger partial charge in [-0.15, -0.1) is 0 Å². The van der Waals surface area contributed by atoms with Crippen LogP contribution in [0.4, 0.5) is 0 Å². The van der Waals surface area contributed by atoms with Crippen LogP contribution in [-0.2, 0) is 12.8 Å². The lowest BCUT2D eigenvalue weighted by Crippen LogP contribution is -2.22. The summed E-state index contributed by atoms with van der Waals surface area (Å²) >= 11 is 6.15. The largest absolute Gasteiger partial charge is 0.307 e. The van der Waals surface area contributed by atoms with Crippen LogP contribution in [0, 0.1) is 0 Å². The number of rotatable bonds is 6. The number of benzene rings is 2. The lowest BCUT2D eigenvalue weighted by molar-refractivity contribution is 0.629. The van der Waals surface area contributed by atoms with Crippen LogP contribution in [0.25, 0.3) is 0 Å². The fraction of sp³-hybridized carbons (Fsp3) is 0.368. The van der Waals surface area contributed by atoms with Crippen molar-refractivity contribution in [1.82, 2.24) is 5.32 Å². The molecule has 0 aliphatic rings. The first-order chi connectivity index (χ1) is 10.2. The van der Waals surface area contributed by atoms with Crippen LogP contribution in [0.2, 0.25) is 5.02 Å². The molecule has 0 aromatic heterocycles. The third-order valence-corrected chi connectivity index (χ3v) is 4.15. The van der Waals surface area contributed by atoms with E-state index in [0.29, 0.717) is 0 Å². The third kappa shape index (κ3) is 3.87. The molecular weight excluding hydrogens is 278 g/mol. The Morgan fingerprint density at radius 3 is 2.24 bits per heavy atom. The highest BCUT2D eigenvalue weighted by Gasteiger charge is 2.14. The van der Waals surface area contributed by atoms with E-state index in [1.165, 1.54) is 22.3 Å². The SMILES string of the molecule is CCNC(c1cccc(Cl)c1)c1ccc(CC)c(CC)c1. The van der Waals surface area contributed by atoms with Crippen LogP contribution in [-0.4, -0.2) is 6.54 Å². The van der Waals surface area contributed by atoms with Crippen molar-refractivity contribution in [3.05, 3.63) is 69.7 Å². The van der Waals surface area contributed by atoms with Crippen molar-refractivity contribution in [2.24, 2.45) is 0 Å². The molecule has 0 saturated carbocycles. The van der Waals surface area contributed by atoms with Gasteiger partial charge in [-0.2, -0.15) is 0 Å². The molecule has 0 saturated heterocycles. The molecule has 2 rings (SSSR count). The summed E-state index contributed by atoms with van der Waals surface area (Å²) in [6, 6.07) is 15.2. The van der Waals surface area contributed by atoms with Gasteiger partial charge in [-0.05, 0) is 53.8 Å². The normalized spacial score (nSPS) is 12.4. The molecule has 21 heavy (non-hydrogen) atoms. The van der Waals surface area contributed by atoms with Gasteiger partial charge in [-0.25, -0.2) is 0 Å². The molecular formula is C19H24ClN. The van der Waals surface area contributed by atoms with Gasteiger partial charge in [-0.1, -0.05) is 62.7 Å². The average molecular weight is 302 g/mol. The van der Waals surface area contributed by atoms with Gasteiger partial charge < -0.3 is 5.32 Å². The van der Waals surface area contributed by atoms with Crippen LogP contribution < -0.4 is 5.32 Å². The van der Waals surface area contributed by atoms with Crippen LogP contribution in [0.15, 0.2) is 42.5 Å². The fourth-order valence-electron chi connectivity index (χ4n) is 2.82. The van der Waals surface area contributed by atoms with Crippen LogP contribution in [0.5, 0.6) is 0 Å². The molecule has 2 aromatic rings. The van der Waals surface area contributed by atoms with Crippen molar-refractivity contribution in [2.75, 3.05) is 6.54 Å². The number of hydrogen-bond acceptors (Lipinski definition) is 1. The Hall–Kier alpha value is -1.31. The van der Waals surface area contributed by atoms with E-state index in [-0.39, 0.29) is 6.04 Å². The second-order valence-electron chi connectivity index (χ2n) is 5.28. The fourth-order valence-corrected chi connectivity index (χ4v) is 3.02. The van der Waals surface area contributed by atoms with Gasteiger partial charge in [-0.3, -0.25) is 0 Å². The molecule has 1 nitrogen and oxygen atoms in total. The molecule has 0 radical (unpaired) electrons. The van der Waals surface area contributed by atoms with Crippen molar-refractivity contribution >= 4 is 11.6 Å². The van der Waals surface area contributed by atoms with Crippen molar-refractivity contribution in [3.63, 3.8) is 0 Å². The molecule has 0 bridgehead atoms. The Balaban J connectivity index is 2.43. The minimum Gasteiger partial charge on any atom is -0.307 e. The van der Waals surface area contributed by atoms with Gasteiger partial charge in [0.15, 0.2) is 0 Å². The Morgan fingerprint density at radius 2 is 1.62 bits per heavy atom. The van der Waals surface area contributed by atoms with Crippen molar-refractivity contribution in [2.45, 2.75) is 39.7 Å². The number of halogens is 1. The van der Waals surface area contributed by atoms with Crippen LogP contribution in [0.1, 0.15) is 49.1 Å². The first-order valence-electron chi connectivity index (χ1n) is 7.80. The topological polar surface area (TPSA) is 12.0 Å². The third-order valence-electron chi connectivity index (χ3n) is 3.92. The van der Waals surface area contributed by atoms with E-state index < -0.39 is 0 Å². The number of hydrogen-bond donors (Lipinski definition) is 1. The van der Waals surface area contributed by atoms with Gasteiger partial charge in [0.1, 0.15) is 0 Å². The molecule has 0 amide bonds. The zero-order valence-electron chi connectivity index (χ0n) is 13.1. The zero-order valence-corrected chi connectivity index (χ0v) is 13.9. The van der Waals surface area contributed by atoms with Crippen LogP contribution >= 0.6 is 11.6 Å². The Bertz CT molecular complexity index is 592. The first kappa shape index (κ1) is 16.1. The summed E-state index contributed by atoms with van der Waals surface area (Å²) < 4.78 is 0. The molecule has 0 fully saturated rings. The van der Waals surface area contributed by atoms with Gasteiger partial charge in [0.25, 0.3) is 0 Å². The Kier molecular flexibility index (Phi) is 5.84. The van der Waals surface area contributed by atoms with Gasteiger partial charge in [0.05, 0.1) is 6.04 Å². The molecule has 0 aliphatic heterocycles. The molecule has 2 aromatic carbocycles. The predicted octanol–water partition coefficient (Wildman–Crippen LogP) is 5.16. The summed E-state index contributed by atoms with van der Waals surface area (Å²) in [5, 5.41) is 4.36.